The quantitative estimate of drug-likeness (QED) is 0.174. The molecule has 0 heterocycles. The van der Waals surface area contributed by atoms with Crippen LogP contribution in [0.2, 0.25) is 0 Å². The van der Waals surface area contributed by atoms with Gasteiger partial charge in [-0.1, -0.05) is 129 Å². The summed E-state index contributed by atoms with van der Waals surface area (Å²) in [6.45, 7) is 1.63. The monoisotopic (exact) mass is 469 g/mol. The summed E-state index contributed by atoms with van der Waals surface area (Å²) in [5, 5.41) is 10.3. The van der Waals surface area contributed by atoms with Crippen LogP contribution in [0.1, 0.15) is 135 Å². The summed E-state index contributed by atoms with van der Waals surface area (Å²) >= 11 is 0. The van der Waals surface area contributed by atoms with E-state index in [0.717, 1.165) is 19.3 Å². The Hall–Kier alpha value is 0.380. The molecule has 0 rings (SSSR count). The molecule has 0 saturated heterocycles. The molecule has 0 atom stereocenters. The Kier molecular flexibility index (Phi) is 27.1. The Balaban J connectivity index is 0. The molecule has 0 aromatic carbocycles. The predicted octanol–water partition coefficient (Wildman–Crippen LogP) is 2.48. The van der Waals surface area contributed by atoms with Crippen LogP contribution in [0.25, 0.3) is 0 Å². The van der Waals surface area contributed by atoms with Crippen molar-refractivity contribution in [2.24, 2.45) is 0 Å². The maximum Gasteiger partial charge on any atom is 1.00 e. The predicted molar refractivity (Wildman–Crippen MR) is 125 cm³/mol. The first-order valence-corrected chi connectivity index (χ1v) is 14.3. The molecule has 0 spiro atoms. The zero-order valence-corrected chi connectivity index (χ0v) is 23.4. The summed E-state index contributed by atoms with van der Waals surface area (Å²) in [5.74, 6) is -1.40. The van der Waals surface area contributed by atoms with Crippen molar-refractivity contribution in [3.8, 4) is 0 Å². The van der Waals surface area contributed by atoms with Gasteiger partial charge in [0.15, 0.2) is 0 Å². The van der Waals surface area contributed by atoms with Crippen molar-refractivity contribution in [2.45, 2.75) is 135 Å². The third-order valence-corrected chi connectivity index (χ3v) is 7.11. The van der Waals surface area contributed by atoms with E-state index in [1.807, 2.05) is 4.72 Å². The summed E-state index contributed by atoms with van der Waals surface area (Å²) in [5.41, 5.74) is 0. The molecule has 0 fully saturated rings. The average Bonchev–Trinajstić information content (AvgIpc) is 2.71. The average molecular weight is 470 g/mol. The first-order chi connectivity index (χ1) is 14.5. The largest absolute Gasteiger partial charge is 1.00 e. The fourth-order valence-electron chi connectivity index (χ4n) is 3.79. The van der Waals surface area contributed by atoms with Crippen LogP contribution >= 0.6 is 0 Å². The Morgan fingerprint density at radius 3 is 1.19 bits per heavy atom. The fourth-order valence-corrected chi connectivity index (χ4v) is 4.85. The van der Waals surface area contributed by atoms with Crippen molar-refractivity contribution < 1.29 is 47.9 Å². The van der Waals surface area contributed by atoms with Gasteiger partial charge in [-0.2, -0.15) is 0 Å². The minimum absolute atomic E-state index is 0. The Morgan fingerprint density at radius 2 is 0.903 bits per heavy atom. The molecule has 0 aromatic heterocycles. The fraction of sp³-hybridized carbons (Fsp3) is 0.958. The molecule has 180 valence electrons. The number of unbranched alkanes of at least 4 members (excludes halogenated alkanes) is 19. The number of sulfonamides is 1. The van der Waals surface area contributed by atoms with Gasteiger partial charge in [-0.25, -0.2) is 13.1 Å². The van der Waals surface area contributed by atoms with Gasteiger partial charge in [-0.05, 0) is 6.42 Å². The molecule has 31 heavy (non-hydrogen) atoms. The van der Waals surface area contributed by atoms with E-state index in [-0.39, 0.29) is 35.3 Å². The molecule has 0 unspecified atom stereocenters. The minimum atomic E-state index is -3.47. The number of rotatable bonds is 24. The zero-order chi connectivity index (χ0) is 22.3. The number of carboxylic acid groups (broad SMARTS) is 1. The van der Waals surface area contributed by atoms with E-state index in [1.54, 1.807) is 0 Å². The molecule has 1 N–H and O–H groups in total. The smallest absolute Gasteiger partial charge is 0.549 e. The molecule has 0 saturated carbocycles. The van der Waals surface area contributed by atoms with Crippen LogP contribution < -0.4 is 39.4 Å². The van der Waals surface area contributed by atoms with Crippen molar-refractivity contribution in [3.05, 3.63) is 0 Å². The van der Waals surface area contributed by atoms with Gasteiger partial charge in [0.2, 0.25) is 10.0 Å². The van der Waals surface area contributed by atoms with Gasteiger partial charge in [-0.15, -0.1) is 0 Å². The van der Waals surface area contributed by atoms with Crippen LogP contribution in [0.4, 0.5) is 0 Å². The first-order valence-electron chi connectivity index (χ1n) is 12.6. The van der Waals surface area contributed by atoms with Gasteiger partial charge in [0.25, 0.3) is 0 Å². The van der Waals surface area contributed by atoms with E-state index in [9.17, 15) is 18.3 Å². The van der Waals surface area contributed by atoms with Crippen LogP contribution in [0.5, 0.6) is 0 Å². The third-order valence-electron chi connectivity index (χ3n) is 5.70. The number of nitrogens with one attached hydrogen (secondary N) is 1. The third kappa shape index (κ3) is 28.3. The Bertz CT molecular complexity index is 486. The molecule has 5 nitrogen and oxygen atoms in total. The normalized spacial score (nSPS) is 11.4. The summed E-state index contributed by atoms with van der Waals surface area (Å²) < 4.78 is 25.1. The van der Waals surface area contributed by atoms with Crippen LogP contribution in [-0.4, -0.2) is 26.7 Å². The maximum atomic E-state index is 11.5. The van der Waals surface area contributed by atoms with E-state index in [2.05, 4.69) is 6.92 Å². The second kappa shape index (κ2) is 25.0. The second-order valence-corrected chi connectivity index (χ2v) is 10.7. The summed E-state index contributed by atoms with van der Waals surface area (Å²) in [6.07, 6.45) is 25.7. The molecular formula is C24H48NNaO4S. The van der Waals surface area contributed by atoms with Crippen LogP contribution in [0, 0.1) is 0 Å². The number of hydrogen-bond donors (Lipinski definition) is 1. The number of carboxylic acids is 1. The summed E-state index contributed by atoms with van der Waals surface area (Å²) in [4.78, 5) is 10.3. The van der Waals surface area contributed by atoms with Gasteiger partial charge < -0.3 is 9.90 Å². The topological polar surface area (TPSA) is 86.3 Å². The second-order valence-electron chi connectivity index (χ2n) is 8.73. The number of aliphatic carboxylic acids is 1. The summed E-state index contributed by atoms with van der Waals surface area (Å²) in [6, 6.07) is 0. The standard InChI is InChI=1S/C24H49NO4S.Na/c1-2-3-4-5-6-7-8-9-10-11-12-13-14-15-16-17-18-19-20-21-22-30(28,29)25-23-24(26)27;/h25H,2-23H2,1H3,(H,26,27);/q;+1/p-1. The first kappa shape index (κ1) is 33.6. The van der Waals surface area contributed by atoms with Crippen LogP contribution in [0.3, 0.4) is 0 Å². The van der Waals surface area contributed by atoms with Crippen LogP contribution in [0.15, 0.2) is 0 Å². The SMILES string of the molecule is CCCCCCCCCCCCCCCCCCCCCCS(=O)(=O)NCC(=O)[O-].[Na+]. The zero-order valence-electron chi connectivity index (χ0n) is 20.6. The molecule has 0 aliphatic heterocycles. The molecule has 0 radical (unpaired) electrons. The van der Waals surface area contributed by atoms with Gasteiger partial charge in [-0.3, -0.25) is 0 Å². The molecular weight excluding hydrogens is 421 g/mol. The molecule has 0 aliphatic rings. The minimum Gasteiger partial charge on any atom is -0.549 e. The van der Waals surface area contributed by atoms with Crippen molar-refractivity contribution in [1.82, 2.24) is 4.72 Å². The molecule has 0 aliphatic carbocycles. The number of carbonyl (C=O) groups is 1. The number of carbonyl (C=O) groups excluding carboxylic acids is 1. The molecule has 0 amide bonds. The molecule has 0 bridgehead atoms. The maximum absolute atomic E-state index is 11.5. The number of hydrogen-bond acceptors (Lipinski definition) is 4. The van der Waals surface area contributed by atoms with E-state index >= 15 is 0 Å². The van der Waals surface area contributed by atoms with E-state index in [0.29, 0.717) is 6.42 Å². The molecule has 0 aromatic rings. The van der Waals surface area contributed by atoms with Crippen molar-refractivity contribution in [2.75, 3.05) is 12.3 Å². The van der Waals surface area contributed by atoms with Gasteiger partial charge >= 0.3 is 29.6 Å². The van der Waals surface area contributed by atoms with E-state index in [1.165, 1.54) is 103 Å². The molecule has 7 heteroatoms. The Labute approximate surface area is 215 Å². The van der Waals surface area contributed by atoms with Gasteiger partial charge in [0, 0.05) is 0 Å². The van der Waals surface area contributed by atoms with E-state index < -0.39 is 22.5 Å². The van der Waals surface area contributed by atoms with Crippen molar-refractivity contribution in [3.63, 3.8) is 0 Å². The van der Waals surface area contributed by atoms with E-state index in [4.69, 9.17) is 0 Å². The van der Waals surface area contributed by atoms with Crippen molar-refractivity contribution >= 4 is 16.0 Å². The van der Waals surface area contributed by atoms with Crippen molar-refractivity contribution in [1.29, 1.82) is 0 Å². The van der Waals surface area contributed by atoms with Gasteiger partial charge in [0.1, 0.15) is 0 Å². The van der Waals surface area contributed by atoms with Crippen LogP contribution in [-0.2, 0) is 14.8 Å². The Morgan fingerprint density at radius 1 is 0.613 bits per heavy atom. The van der Waals surface area contributed by atoms with Gasteiger partial charge in [0.05, 0.1) is 18.3 Å². The summed E-state index contributed by atoms with van der Waals surface area (Å²) in [7, 11) is -3.47.